The van der Waals surface area contributed by atoms with Gasteiger partial charge in [0.15, 0.2) is 0 Å². The van der Waals surface area contributed by atoms with Gasteiger partial charge in [-0.25, -0.2) is 0 Å². The zero-order chi connectivity index (χ0) is 19.0. The van der Waals surface area contributed by atoms with Gasteiger partial charge in [-0.2, -0.15) is 0 Å². The molecule has 2 aromatic carbocycles. The van der Waals surface area contributed by atoms with E-state index < -0.39 is 0 Å². The molecule has 0 aromatic heterocycles. The quantitative estimate of drug-likeness (QED) is 0.837. The van der Waals surface area contributed by atoms with Gasteiger partial charge < -0.3 is 19.4 Å². The summed E-state index contributed by atoms with van der Waals surface area (Å²) in [7, 11) is 3.40. The van der Waals surface area contributed by atoms with Crippen molar-refractivity contribution in [3.05, 3.63) is 53.6 Å². The fourth-order valence-electron chi connectivity index (χ4n) is 3.81. The van der Waals surface area contributed by atoms with Gasteiger partial charge in [-0.05, 0) is 35.9 Å². The molecule has 2 aliphatic rings. The van der Waals surface area contributed by atoms with Crippen molar-refractivity contribution in [2.24, 2.45) is 0 Å². The van der Waals surface area contributed by atoms with Crippen LogP contribution in [0.4, 0.5) is 11.4 Å². The average Bonchev–Trinajstić information content (AvgIpc) is 3.00. The number of carbonyl (C=O) groups excluding carboxylic acids is 2. The van der Waals surface area contributed by atoms with Crippen LogP contribution in [0.3, 0.4) is 0 Å². The maximum absolute atomic E-state index is 12.8. The van der Waals surface area contributed by atoms with Crippen LogP contribution in [-0.4, -0.2) is 57.1 Å². The van der Waals surface area contributed by atoms with E-state index in [4.69, 9.17) is 4.74 Å². The number of ether oxygens (including phenoxy) is 1. The molecule has 0 saturated carbocycles. The molecule has 6 nitrogen and oxygen atoms in total. The number of fused-ring (bicyclic) bond motifs is 1. The molecule has 0 unspecified atom stereocenters. The molecule has 0 radical (unpaired) electrons. The third kappa shape index (κ3) is 3.12. The van der Waals surface area contributed by atoms with E-state index in [0.29, 0.717) is 30.8 Å². The Bertz CT molecular complexity index is 888. The third-order valence-corrected chi connectivity index (χ3v) is 5.41. The van der Waals surface area contributed by atoms with E-state index in [-0.39, 0.29) is 11.8 Å². The van der Waals surface area contributed by atoms with Crippen LogP contribution >= 0.6 is 0 Å². The summed E-state index contributed by atoms with van der Waals surface area (Å²) in [5.41, 5.74) is 3.79. The summed E-state index contributed by atoms with van der Waals surface area (Å²) in [6, 6.07) is 13.5. The van der Waals surface area contributed by atoms with E-state index in [1.807, 2.05) is 42.3 Å². The second kappa shape index (κ2) is 6.95. The standard InChI is InChI=1S/C21H23N3O3/c1-22-18-8-7-16(13-15(18)14-20(22)25)23-9-11-24(12-10-23)21(26)17-5-3-4-6-19(17)27-2/h3-8,13H,9-12,14H2,1-2H3. The highest BCUT2D eigenvalue weighted by Gasteiger charge is 2.27. The lowest BCUT2D eigenvalue weighted by Gasteiger charge is -2.36. The minimum atomic E-state index is 0.00766. The molecule has 2 aromatic rings. The number of rotatable bonds is 3. The molecule has 1 fully saturated rings. The third-order valence-electron chi connectivity index (χ3n) is 5.41. The summed E-state index contributed by atoms with van der Waals surface area (Å²) in [5.74, 6) is 0.750. The van der Waals surface area contributed by atoms with Gasteiger partial charge in [0.2, 0.25) is 5.91 Å². The molecule has 1 saturated heterocycles. The van der Waals surface area contributed by atoms with Gasteiger partial charge in [0.25, 0.3) is 5.91 Å². The number of para-hydroxylation sites is 1. The molecule has 2 aliphatic heterocycles. The molecule has 0 N–H and O–H groups in total. The van der Waals surface area contributed by atoms with Gasteiger partial charge in [-0.3, -0.25) is 9.59 Å². The summed E-state index contributed by atoms with van der Waals surface area (Å²) >= 11 is 0. The lowest BCUT2D eigenvalue weighted by atomic mass is 10.1. The molecule has 4 rings (SSSR count). The first-order valence-electron chi connectivity index (χ1n) is 9.15. The lowest BCUT2D eigenvalue weighted by Crippen LogP contribution is -2.48. The highest BCUT2D eigenvalue weighted by atomic mass is 16.5. The summed E-state index contributed by atoms with van der Waals surface area (Å²) in [6.45, 7) is 2.85. The van der Waals surface area contributed by atoms with Crippen LogP contribution in [0.15, 0.2) is 42.5 Å². The first-order chi connectivity index (χ1) is 13.1. The van der Waals surface area contributed by atoms with Crippen molar-refractivity contribution in [2.45, 2.75) is 6.42 Å². The van der Waals surface area contributed by atoms with Crippen molar-refractivity contribution in [1.82, 2.24) is 4.90 Å². The zero-order valence-corrected chi connectivity index (χ0v) is 15.6. The van der Waals surface area contributed by atoms with Crippen molar-refractivity contribution < 1.29 is 14.3 Å². The SMILES string of the molecule is COc1ccccc1C(=O)N1CCN(c2ccc3c(c2)CC(=O)N3C)CC1. The highest BCUT2D eigenvalue weighted by molar-refractivity contribution is 6.01. The van der Waals surface area contributed by atoms with Crippen molar-refractivity contribution in [1.29, 1.82) is 0 Å². The Morgan fingerprint density at radius 2 is 1.78 bits per heavy atom. The van der Waals surface area contributed by atoms with Crippen molar-refractivity contribution in [3.63, 3.8) is 0 Å². The van der Waals surface area contributed by atoms with Gasteiger partial charge in [-0.15, -0.1) is 0 Å². The fourth-order valence-corrected chi connectivity index (χ4v) is 3.81. The fraction of sp³-hybridized carbons (Fsp3) is 0.333. The Hall–Kier alpha value is -3.02. The van der Waals surface area contributed by atoms with E-state index in [9.17, 15) is 9.59 Å². The van der Waals surface area contributed by atoms with Gasteiger partial charge in [0.1, 0.15) is 5.75 Å². The minimum absolute atomic E-state index is 0.00766. The summed E-state index contributed by atoms with van der Waals surface area (Å²) in [4.78, 5) is 30.6. The van der Waals surface area contributed by atoms with E-state index in [1.165, 1.54) is 0 Å². The van der Waals surface area contributed by atoms with E-state index in [1.54, 1.807) is 12.0 Å². The number of piperazine rings is 1. The molecule has 0 bridgehead atoms. The Balaban J connectivity index is 1.45. The first kappa shape index (κ1) is 17.4. The summed E-state index contributed by atoms with van der Waals surface area (Å²) < 4.78 is 5.32. The molecule has 2 amide bonds. The van der Waals surface area contributed by atoms with Gasteiger partial charge in [-0.1, -0.05) is 12.1 Å². The van der Waals surface area contributed by atoms with Crippen molar-refractivity contribution >= 4 is 23.2 Å². The number of hydrogen-bond donors (Lipinski definition) is 0. The minimum Gasteiger partial charge on any atom is -0.496 e. The van der Waals surface area contributed by atoms with Crippen LogP contribution < -0.4 is 14.5 Å². The zero-order valence-electron chi connectivity index (χ0n) is 15.6. The maximum atomic E-state index is 12.8. The van der Waals surface area contributed by atoms with Gasteiger partial charge >= 0.3 is 0 Å². The molecule has 6 heteroatoms. The smallest absolute Gasteiger partial charge is 0.257 e. The topological polar surface area (TPSA) is 53.1 Å². The highest BCUT2D eigenvalue weighted by Crippen LogP contribution is 2.32. The molecule has 0 atom stereocenters. The van der Waals surface area contributed by atoms with Crippen LogP contribution in [0.1, 0.15) is 15.9 Å². The second-order valence-corrected chi connectivity index (χ2v) is 6.92. The molecule has 0 aliphatic carbocycles. The molecule has 0 spiro atoms. The Morgan fingerprint density at radius 1 is 1.04 bits per heavy atom. The largest absolute Gasteiger partial charge is 0.496 e. The summed E-state index contributed by atoms with van der Waals surface area (Å²) in [5, 5.41) is 0. The molecule has 2 heterocycles. The normalized spacial score (nSPS) is 16.5. The number of methoxy groups -OCH3 is 1. The molecular weight excluding hydrogens is 342 g/mol. The second-order valence-electron chi connectivity index (χ2n) is 6.92. The maximum Gasteiger partial charge on any atom is 0.257 e. The molecular formula is C21H23N3O3. The van der Waals surface area contributed by atoms with Gasteiger partial charge in [0.05, 0.1) is 19.1 Å². The number of amides is 2. The molecule has 140 valence electrons. The van der Waals surface area contributed by atoms with Crippen molar-refractivity contribution in [2.75, 3.05) is 50.1 Å². The predicted octanol–water partition coefficient (Wildman–Crippen LogP) is 2.18. The number of anilines is 2. The number of carbonyl (C=O) groups is 2. The van der Waals surface area contributed by atoms with E-state index >= 15 is 0 Å². The first-order valence-corrected chi connectivity index (χ1v) is 9.15. The van der Waals surface area contributed by atoms with Crippen LogP contribution in [-0.2, 0) is 11.2 Å². The average molecular weight is 365 g/mol. The van der Waals surface area contributed by atoms with Crippen LogP contribution in [0.2, 0.25) is 0 Å². The van der Waals surface area contributed by atoms with E-state index in [0.717, 1.165) is 30.0 Å². The van der Waals surface area contributed by atoms with Crippen LogP contribution in [0, 0.1) is 0 Å². The summed E-state index contributed by atoms with van der Waals surface area (Å²) in [6.07, 6.45) is 0.464. The Kier molecular flexibility index (Phi) is 4.48. The van der Waals surface area contributed by atoms with Crippen LogP contribution in [0.5, 0.6) is 5.75 Å². The number of nitrogens with zero attached hydrogens (tertiary/aromatic N) is 3. The number of likely N-dealkylation sites (N-methyl/N-ethyl adjacent to an activating group) is 1. The van der Waals surface area contributed by atoms with Crippen molar-refractivity contribution in [3.8, 4) is 5.75 Å². The number of hydrogen-bond acceptors (Lipinski definition) is 4. The molecule has 27 heavy (non-hydrogen) atoms. The van der Waals surface area contributed by atoms with E-state index in [2.05, 4.69) is 17.0 Å². The van der Waals surface area contributed by atoms with Crippen LogP contribution in [0.25, 0.3) is 0 Å². The lowest BCUT2D eigenvalue weighted by molar-refractivity contribution is -0.117. The Labute approximate surface area is 158 Å². The Morgan fingerprint density at radius 3 is 2.52 bits per heavy atom. The predicted molar refractivity (Wildman–Crippen MR) is 105 cm³/mol. The number of benzene rings is 2. The monoisotopic (exact) mass is 365 g/mol. The van der Waals surface area contributed by atoms with Gasteiger partial charge in [0, 0.05) is 44.6 Å².